The lowest BCUT2D eigenvalue weighted by Gasteiger charge is -2.19. The van der Waals surface area contributed by atoms with E-state index in [1.165, 1.54) is 0 Å². The number of carbonyl (C=O) groups excluding carboxylic acids is 1. The predicted molar refractivity (Wildman–Crippen MR) is 112 cm³/mol. The van der Waals surface area contributed by atoms with Gasteiger partial charge in [0.25, 0.3) is 0 Å². The fourth-order valence-corrected chi connectivity index (χ4v) is 3.58. The molecule has 1 aromatic heterocycles. The normalized spacial score (nSPS) is 13.5. The molecule has 2 aromatic carbocycles. The summed E-state index contributed by atoms with van der Waals surface area (Å²) in [6.07, 6.45) is 4.23. The van der Waals surface area contributed by atoms with Crippen molar-refractivity contribution in [3.63, 3.8) is 0 Å². The third-order valence-electron chi connectivity index (χ3n) is 5.03. The second-order valence-electron chi connectivity index (χ2n) is 7.20. The molecular formula is C22H23F2N5O. The van der Waals surface area contributed by atoms with Crippen molar-refractivity contribution in [3.05, 3.63) is 72.1 Å². The molecule has 0 unspecified atom stereocenters. The zero-order valence-electron chi connectivity index (χ0n) is 16.4. The summed E-state index contributed by atoms with van der Waals surface area (Å²) in [5.41, 5.74) is 1.84. The van der Waals surface area contributed by atoms with Crippen molar-refractivity contribution in [2.24, 2.45) is 0 Å². The van der Waals surface area contributed by atoms with Gasteiger partial charge in [0.15, 0.2) is 11.6 Å². The second-order valence-corrected chi connectivity index (χ2v) is 7.20. The number of hydrogen-bond donors (Lipinski definition) is 2. The Morgan fingerprint density at radius 2 is 1.73 bits per heavy atom. The van der Waals surface area contributed by atoms with Gasteiger partial charge in [-0.1, -0.05) is 18.2 Å². The Morgan fingerprint density at radius 3 is 2.43 bits per heavy atom. The average molecular weight is 411 g/mol. The van der Waals surface area contributed by atoms with Crippen molar-refractivity contribution in [1.29, 1.82) is 0 Å². The first-order valence-corrected chi connectivity index (χ1v) is 9.99. The number of para-hydroxylation sites is 1. The summed E-state index contributed by atoms with van der Waals surface area (Å²) in [4.78, 5) is 13.8. The minimum absolute atomic E-state index is 0.0209. The van der Waals surface area contributed by atoms with Crippen molar-refractivity contribution in [1.82, 2.24) is 15.1 Å². The largest absolute Gasteiger partial charge is 0.367 e. The Balaban J connectivity index is 1.29. The molecule has 1 saturated heterocycles. The van der Waals surface area contributed by atoms with Crippen LogP contribution in [0, 0.1) is 11.6 Å². The maximum absolute atomic E-state index is 14.4. The molecule has 2 N–H and O–H groups in total. The third kappa shape index (κ3) is 4.59. The highest BCUT2D eigenvalue weighted by Crippen LogP contribution is 2.29. The van der Waals surface area contributed by atoms with Gasteiger partial charge in [-0.2, -0.15) is 5.10 Å². The number of hydrogen-bond acceptors (Lipinski definition) is 3. The summed E-state index contributed by atoms with van der Waals surface area (Å²) in [6.45, 7) is 1.62. The number of aromatic nitrogens is 2. The van der Waals surface area contributed by atoms with Crippen molar-refractivity contribution < 1.29 is 13.6 Å². The molecule has 2 heterocycles. The number of urea groups is 1. The number of anilines is 2. The number of rotatable bonds is 6. The molecule has 1 aliphatic heterocycles. The Hall–Kier alpha value is -3.42. The van der Waals surface area contributed by atoms with Gasteiger partial charge < -0.3 is 15.5 Å². The minimum Gasteiger partial charge on any atom is -0.367 e. The maximum Gasteiger partial charge on any atom is 0.319 e. The molecule has 156 valence electrons. The average Bonchev–Trinajstić information content (AvgIpc) is 3.41. The fourth-order valence-electron chi connectivity index (χ4n) is 3.58. The monoisotopic (exact) mass is 411 g/mol. The Labute approximate surface area is 173 Å². The van der Waals surface area contributed by atoms with Crippen LogP contribution in [0.25, 0.3) is 5.69 Å². The highest BCUT2D eigenvalue weighted by Gasteiger charge is 2.21. The highest BCUT2D eigenvalue weighted by atomic mass is 19.1. The van der Waals surface area contributed by atoms with E-state index < -0.39 is 17.7 Å². The van der Waals surface area contributed by atoms with Gasteiger partial charge in [0, 0.05) is 37.9 Å². The van der Waals surface area contributed by atoms with Crippen molar-refractivity contribution in [2.75, 3.05) is 29.9 Å². The molecule has 0 atom stereocenters. The van der Waals surface area contributed by atoms with Gasteiger partial charge in [-0.15, -0.1) is 0 Å². The van der Waals surface area contributed by atoms with Gasteiger partial charge >= 0.3 is 6.03 Å². The van der Waals surface area contributed by atoms with Gasteiger partial charge in [-0.25, -0.2) is 18.3 Å². The van der Waals surface area contributed by atoms with Crippen LogP contribution >= 0.6 is 0 Å². The van der Waals surface area contributed by atoms with Crippen LogP contribution < -0.4 is 15.5 Å². The molecule has 0 bridgehead atoms. The molecule has 3 aromatic rings. The number of amides is 2. The number of benzene rings is 2. The van der Waals surface area contributed by atoms with Gasteiger partial charge in [-0.05, 0) is 43.2 Å². The summed E-state index contributed by atoms with van der Waals surface area (Å²) in [6, 6.07) is 13.4. The van der Waals surface area contributed by atoms with Crippen LogP contribution in [-0.2, 0) is 6.42 Å². The second kappa shape index (κ2) is 8.94. The third-order valence-corrected chi connectivity index (χ3v) is 5.03. The predicted octanol–water partition coefficient (Wildman–Crippen LogP) is 4.11. The molecule has 1 aliphatic rings. The zero-order valence-corrected chi connectivity index (χ0v) is 16.4. The molecule has 0 radical (unpaired) electrons. The van der Waals surface area contributed by atoms with E-state index in [2.05, 4.69) is 15.7 Å². The van der Waals surface area contributed by atoms with Gasteiger partial charge in [0.05, 0.1) is 11.4 Å². The fraction of sp³-hybridized carbons (Fsp3) is 0.273. The van der Waals surface area contributed by atoms with E-state index in [-0.39, 0.29) is 11.4 Å². The van der Waals surface area contributed by atoms with Crippen LogP contribution in [0.3, 0.4) is 0 Å². The molecule has 6 nitrogen and oxygen atoms in total. The molecule has 0 spiro atoms. The van der Waals surface area contributed by atoms with Crippen molar-refractivity contribution in [3.8, 4) is 5.69 Å². The quantitative estimate of drug-likeness (QED) is 0.642. The summed E-state index contributed by atoms with van der Waals surface area (Å²) in [7, 11) is 0. The van der Waals surface area contributed by atoms with Crippen LogP contribution in [0.2, 0.25) is 0 Å². The summed E-state index contributed by atoms with van der Waals surface area (Å²) < 4.78 is 30.5. The molecule has 8 heteroatoms. The molecule has 0 saturated carbocycles. The van der Waals surface area contributed by atoms with E-state index >= 15 is 0 Å². The van der Waals surface area contributed by atoms with Crippen molar-refractivity contribution >= 4 is 17.4 Å². The van der Waals surface area contributed by atoms with E-state index in [1.54, 1.807) is 9.58 Å². The maximum atomic E-state index is 14.4. The molecule has 2 amide bonds. The van der Waals surface area contributed by atoms with Crippen LogP contribution in [-0.4, -0.2) is 35.4 Å². The van der Waals surface area contributed by atoms with Gasteiger partial charge in [0.1, 0.15) is 5.69 Å². The summed E-state index contributed by atoms with van der Waals surface area (Å²) in [5.74, 6) is -1.34. The number of carbonyl (C=O) groups is 1. The lowest BCUT2D eigenvalue weighted by molar-refractivity contribution is 0.252. The molecule has 0 aliphatic carbocycles. The van der Waals surface area contributed by atoms with E-state index in [0.717, 1.165) is 36.4 Å². The Morgan fingerprint density at radius 1 is 1.03 bits per heavy atom. The van der Waals surface area contributed by atoms with E-state index in [9.17, 15) is 13.6 Å². The van der Waals surface area contributed by atoms with E-state index in [4.69, 9.17) is 0 Å². The zero-order chi connectivity index (χ0) is 20.9. The first-order valence-electron chi connectivity index (χ1n) is 9.99. The minimum atomic E-state index is -0.668. The number of nitrogens with one attached hydrogen (secondary N) is 2. The lowest BCUT2D eigenvalue weighted by atomic mass is 10.2. The Bertz CT molecular complexity index is 992. The van der Waals surface area contributed by atoms with Gasteiger partial charge in [0.2, 0.25) is 0 Å². The van der Waals surface area contributed by atoms with Crippen molar-refractivity contribution in [2.45, 2.75) is 19.3 Å². The first kappa shape index (κ1) is 19.9. The number of nitrogens with zero attached hydrogens (tertiary/aromatic N) is 3. The van der Waals surface area contributed by atoms with E-state index in [1.807, 2.05) is 42.6 Å². The number of halogens is 2. The Kier molecular flexibility index (Phi) is 5.92. The van der Waals surface area contributed by atoms with Crippen LogP contribution in [0.5, 0.6) is 0 Å². The highest BCUT2D eigenvalue weighted by molar-refractivity contribution is 5.89. The summed E-state index contributed by atoms with van der Waals surface area (Å²) >= 11 is 0. The topological polar surface area (TPSA) is 62.2 Å². The van der Waals surface area contributed by atoms with Gasteiger partial charge in [-0.3, -0.25) is 0 Å². The lowest BCUT2D eigenvalue weighted by Crippen LogP contribution is -2.30. The first-order chi connectivity index (χ1) is 14.6. The molecule has 1 fully saturated rings. The van der Waals surface area contributed by atoms with Crippen LogP contribution in [0.15, 0.2) is 54.7 Å². The van der Waals surface area contributed by atoms with Crippen LogP contribution in [0.1, 0.15) is 18.5 Å². The smallest absolute Gasteiger partial charge is 0.319 e. The SMILES string of the molecule is O=C(NCCc1ccn(-c2ccccc2)n1)Nc1cc(F)c(N2CCCC2)c(F)c1. The molecule has 4 rings (SSSR count). The standard InChI is InChI=1S/C22H23F2N5O/c23-19-14-17(15-20(24)21(19)28-11-4-5-12-28)26-22(30)25-10-8-16-9-13-29(27-16)18-6-2-1-3-7-18/h1-3,6-7,9,13-15H,4-5,8,10-12H2,(H2,25,26,30). The van der Waals surface area contributed by atoms with Crippen LogP contribution in [0.4, 0.5) is 25.0 Å². The van der Waals surface area contributed by atoms with E-state index in [0.29, 0.717) is 26.1 Å². The molecule has 30 heavy (non-hydrogen) atoms. The molecular weight excluding hydrogens is 388 g/mol. The summed E-state index contributed by atoms with van der Waals surface area (Å²) in [5, 5.41) is 9.64.